The monoisotopic (exact) mass is 501 g/mol. The molecular weight excluding hydrogens is 478 g/mol. The molecule has 2 aromatic carbocycles. The number of carbonyl (C=O) groups excluding carboxylic acids is 2. The summed E-state index contributed by atoms with van der Waals surface area (Å²) in [6, 6.07) is 11.3. The lowest BCUT2D eigenvalue weighted by molar-refractivity contribution is -0.113. The number of nitrogens with zero attached hydrogens (tertiary/aromatic N) is 1. The van der Waals surface area contributed by atoms with E-state index in [-0.39, 0.29) is 28.0 Å². The number of amides is 1. The first kappa shape index (κ1) is 25.2. The van der Waals surface area contributed by atoms with Gasteiger partial charge in [0.25, 0.3) is 5.56 Å². The number of aromatic amines is 1. The summed E-state index contributed by atoms with van der Waals surface area (Å²) in [5, 5.41) is 2.71. The van der Waals surface area contributed by atoms with Gasteiger partial charge in [-0.1, -0.05) is 41.6 Å². The molecule has 0 aliphatic rings. The molecule has 0 aliphatic heterocycles. The van der Waals surface area contributed by atoms with E-state index in [4.69, 9.17) is 4.74 Å². The Morgan fingerprint density at radius 3 is 2.53 bits per heavy atom. The van der Waals surface area contributed by atoms with Gasteiger partial charge in [0.1, 0.15) is 0 Å². The van der Waals surface area contributed by atoms with Crippen molar-refractivity contribution in [2.24, 2.45) is 0 Å². The van der Waals surface area contributed by atoms with Gasteiger partial charge >= 0.3 is 5.97 Å². The minimum Gasteiger partial charge on any atom is -0.462 e. The van der Waals surface area contributed by atoms with Crippen LogP contribution in [0, 0.1) is 13.8 Å². The molecule has 0 saturated heterocycles. The fourth-order valence-electron chi connectivity index (χ4n) is 3.15. The molecule has 3 aromatic rings. The molecule has 0 radical (unpaired) electrons. The van der Waals surface area contributed by atoms with Crippen molar-refractivity contribution in [3.63, 3.8) is 0 Å². The molecule has 0 aliphatic carbocycles. The third-order valence-electron chi connectivity index (χ3n) is 4.69. The minimum atomic E-state index is -4.06. The molecule has 1 aromatic heterocycles. The molecule has 3 rings (SSSR count). The summed E-state index contributed by atoms with van der Waals surface area (Å²) in [5.41, 5.74) is 1.11. The van der Waals surface area contributed by atoms with Crippen molar-refractivity contribution >= 4 is 39.2 Å². The Morgan fingerprint density at radius 1 is 1.12 bits per heavy atom. The van der Waals surface area contributed by atoms with Gasteiger partial charge in [-0.05, 0) is 44.5 Å². The number of nitrogens with one attached hydrogen (secondary N) is 2. The molecule has 34 heavy (non-hydrogen) atoms. The smallest absolute Gasteiger partial charge is 0.340 e. The summed E-state index contributed by atoms with van der Waals surface area (Å²) in [6.07, 6.45) is 0.990. The zero-order chi connectivity index (χ0) is 24.9. The van der Waals surface area contributed by atoms with Crippen molar-refractivity contribution in [3.8, 4) is 0 Å². The van der Waals surface area contributed by atoms with Gasteiger partial charge in [-0.2, -0.15) is 0 Å². The highest BCUT2D eigenvalue weighted by molar-refractivity contribution is 7.99. The van der Waals surface area contributed by atoms with Gasteiger partial charge in [0.05, 0.1) is 34.7 Å². The van der Waals surface area contributed by atoms with Gasteiger partial charge < -0.3 is 15.0 Å². The summed E-state index contributed by atoms with van der Waals surface area (Å²) in [7, 11) is -4.06. The van der Waals surface area contributed by atoms with Crippen molar-refractivity contribution < 1.29 is 22.7 Å². The van der Waals surface area contributed by atoms with E-state index in [0.717, 1.165) is 23.5 Å². The largest absolute Gasteiger partial charge is 0.462 e. The second kappa shape index (κ2) is 10.7. The van der Waals surface area contributed by atoms with Crippen molar-refractivity contribution in [2.45, 2.75) is 35.7 Å². The van der Waals surface area contributed by atoms with Crippen LogP contribution in [0.2, 0.25) is 0 Å². The van der Waals surface area contributed by atoms with Crippen LogP contribution in [-0.2, 0) is 19.4 Å². The van der Waals surface area contributed by atoms with E-state index in [1.165, 1.54) is 12.1 Å². The third-order valence-corrected chi connectivity index (χ3v) is 7.48. The number of benzene rings is 2. The van der Waals surface area contributed by atoms with Gasteiger partial charge in [0, 0.05) is 0 Å². The molecular formula is C23H23N3O6S2. The van der Waals surface area contributed by atoms with Crippen molar-refractivity contribution in [1.82, 2.24) is 9.97 Å². The van der Waals surface area contributed by atoms with Crippen LogP contribution < -0.4 is 10.9 Å². The third kappa shape index (κ3) is 5.72. The van der Waals surface area contributed by atoms with Crippen molar-refractivity contribution in [3.05, 3.63) is 75.7 Å². The molecule has 0 fully saturated rings. The summed E-state index contributed by atoms with van der Waals surface area (Å²) in [6.45, 7) is 5.38. The Morgan fingerprint density at radius 2 is 1.85 bits per heavy atom. The number of aryl methyl sites for hydroxylation is 2. The summed E-state index contributed by atoms with van der Waals surface area (Å²) in [5.74, 6) is -1.14. The topological polar surface area (TPSA) is 135 Å². The van der Waals surface area contributed by atoms with E-state index >= 15 is 0 Å². The number of carbonyl (C=O) groups is 2. The number of hydrogen-bond donors (Lipinski definition) is 2. The second-order valence-electron chi connectivity index (χ2n) is 7.26. The Bertz CT molecular complexity index is 1400. The lowest BCUT2D eigenvalue weighted by Gasteiger charge is -2.10. The molecule has 0 spiro atoms. The first-order valence-electron chi connectivity index (χ1n) is 10.2. The first-order valence-corrected chi connectivity index (χ1v) is 12.7. The molecule has 0 bridgehead atoms. The van der Waals surface area contributed by atoms with E-state index in [1.807, 2.05) is 6.92 Å². The zero-order valence-corrected chi connectivity index (χ0v) is 20.4. The zero-order valence-electron chi connectivity index (χ0n) is 18.7. The standard InChI is InChI=1S/C23H23N3O6S2/c1-4-32-22(29)16-7-5-6-8-17(16)25-20(27)13-33-23-24-12-19(21(28)26-23)34(30,31)18-10-9-14(2)11-15(18)3/h5-12H,4,13H2,1-3H3,(H,25,27)(H,24,26,28). The van der Waals surface area contributed by atoms with Crippen LogP contribution >= 0.6 is 11.8 Å². The molecule has 11 heteroatoms. The number of para-hydroxylation sites is 1. The normalized spacial score (nSPS) is 11.1. The van der Waals surface area contributed by atoms with Gasteiger partial charge in [-0.25, -0.2) is 18.2 Å². The predicted molar refractivity (Wildman–Crippen MR) is 128 cm³/mol. The quantitative estimate of drug-likeness (QED) is 0.273. The molecule has 2 N–H and O–H groups in total. The predicted octanol–water partition coefficient (Wildman–Crippen LogP) is 3.13. The maximum Gasteiger partial charge on any atom is 0.340 e. The van der Waals surface area contributed by atoms with E-state index in [9.17, 15) is 22.8 Å². The summed E-state index contributed by atoms with van der Waals surface area (Å²) in [4.78, 5) is 42.9. The Hall–Kier alpha value is -3.44. The molecule has 1 amide bonds. The molecule has 9 nitrogen and oxygen atoms in total. The number of rotatable bonds is 8. The Kier molecular flexibility index (Phi) is 7.90. The molecule has 178 valence electrons. The Balaban J connectivity index is 1.72. The van der Waals surface area contributed by atoms with Crippen LogP contribution in [-0.4, -0.2) is 42.6 Å². The summed E-state index contributed by atoms with van der Waals surface area (Å²) >= 11 is 0.917. The highest BCUT2D eigenvalue weighted by Gasteiger charge is 2.24. The molecule has 0 saturated carbocycles. The van der Waals surface area contributed by atoms with Crippen LogP contribution in [0.1, 0.15) is 28.4 Å². The van der Waals surface area contributed by atoms with Crippen molar-refractivity contribution in [1.29, 1.82) is 0 Å². The second-order valence-corrected chi connectivity index (χ2v) is 10.1. The van der Waals surface area contributed by atoms with Crippen LogP contribution in [0.15, 0.2) is 68.4 Å². The Labute approximate surface area is 200 Å². The number of sulfone groups is 1. The number of aromatic nitrogens is 2. The number of ether oxygens (including phenoxy) is 1. The lowest BCUT2D eigenvalue weighted by Crippen LogP contribution is -2.21. The first-order chi connectivity index (χ1) is 16.1. The van der Waals surface area contributed by atoms with Gasteiger partial charge in [-0.15, -0.1) is 0 Å². The molecule has 1 heterocycles. The van der Waals surface area contributed by atoms with Crippen LogP contribution in [0.3, 0.4) is 0 Å². The van der Waals surface area contributed by atoms with Crippen molar-refractivity contribution in [2.75, 3.05) is 17.7 Å². The van der Waals surface area contributed by atoms with Gasteiger partial charge in [0.15, 0.2) is 10.1 Å². The summed E-state index contributed by atoms with van der Waals surface area (Å²) < 4.78 is 30.8. The van der Waals surface area contributed by atoms with Gasteiger partial charge in [-0.3, -0.25) is 9.59 Å². The maximum atomic E-state index is 12.9. The number of anilines is 1. The highest BCUT2D eigenvalue weighted by Crippen LogP contribution is 2.23. The number of hydrogen-bond acceptors (Lipinski definition) is 8. The SMILES string of the molecule is CCOC(=O)c1ccccc1NC(=O)CSc1ncc(S(=O)(=O)c2ccc(C)cc2C)c(=O)[nH]1. The van der Waals surface area contributed by atoms with Crippen LogP contribution in [0.4, 0.5) is 5.69 Å². The fourth-order valence-corrected chi connectivity index (χ4v) is 5.24. The fraction of sp³-hybridized carbons (Fsp3) is 0.217. The van der Waals surface area contributed by atoms with E-state index in [0.29, 0.717) is 11.3 Å². The highest BCUT2D eigenvalue weighted by atomic mass is 32.2. The average molecular weight is 502 g/mol. The van der Waals surface area contributed by atoms with Crippen LogP contribution in [0.25, 0.3) is 0 Å². The van der Waals surface area contributed by atoms with E-state index < -0.39 is 32.2 Å². The van der Waals surface area contributed by atoms with E-state index in [1.54, 1.807) is 44.2 Å². The maximum absolute atomic E-state index is 12.9. The molecule has 0 unspecified atom stereocenters. The lowest BCUT2D eigenvalue weighted by atomic mass is 10.2. The number of H-pyrrole nitrogens is 1. The number of thioether (sulfide) groups is 1. The van der Waals surface area contributed by atoms with Crippen LogP contribution in [0.5, 0.6) is 0 Å². The molecule has 0 atom stereocenters. The number of esters is 1. The van der Waals surface area contributed by atoms with E-state index in [2.05, 4.69) is 15.3 Å². The average Bonchev–Trinajstić information content (AvgIpc) is 2.78. The minimum absolute atomic E-state index is 0.0328. The van der Waals surface area contributed by atoms with Gasteiger partial charge in [0.2, 0.25) is 15.7 Å².